The molecule has 0 saturated carbocycles. The topological polar surface area (TPSA) is 108 Å². The van der Waals surface area contributed by atoms with Crippen molar-refractivity contribution in [1.29, 1.82) is 0 Å². The van der Waals surface area contributed by atoms with E-state index in [0.29, 0.717) is 17.4 Å². The molecule has 0 fully saturated rings. The number of hydrogen-bond acceptors (Lipinski definition) is 7. The molecule has 0 spiro atoms. The van der Waals surface area contributed by atoms with Crippen LogP contribution < -0.4 is 0 Å². The Balaban J connectivity index is 3.86. The predicted octanol–water partition coefficient (Wildman–Crippen LogP) is 18.3. The number of likely N-dealkylation sites (N-methyl/N-ethyl adjacent to an activating group) is 1. The molecule has 0 aromatic carbocycles. The Labute approximate surface area is 423 Å². The molecule has 10 heteroatoms. The number of nitrogens with zero attached hydrogens (tertiary/aromatic N) is 1. The van der Waals surface area contributed by atoms with E-state index in [-0.39, 0.29) is 25.6 Å². The van der Waals surface area contributed by atoms with Crippen molar-refractivity contribution in [2.75, 3.05) is 47.5 Å². The molecule has 0 rings (SSSR count). The Kier molecular flexibility index (Phi) is 50.2. The van der Waals surface area contributed by atoms with Crippen LogP contribution >= 0.6 is 7.82 Å². The summed E-state index contributed by atoms with van der Waals surface area (Å²) in [4.78, 5) is 35.5. The van der Waals surface area contributed by atoms with Crippen LogP contribution in [0.3, 0.4) is 0 Å². The lowest BCUT2D eigenvalue weighted by atomic mass is 10.0. The Morgan fingerprint density at radius 2 is 0.662 bits per heavy atom. The van der Waals surface area contributed by atoms with Crippen molar-refractivity contribution in [3.63, 3.8) is 0 Å². The minimum absolute atomic E-state index is 0.0370. The molecule has 0 saturated heterocycles. The fraction of sp³-hybridized carbons (Fsp3) is 0.966. The normalized spacial score (nSPS) is 13.2. The average molecular weight is 988 g/mol. The molecule has 0 aliphatic heterocycles. The smallest absolute Gasteiger partial charge is 0.462 e. The maximum Gasteiger partial charge on any atom is 0.472 e. The Morgan fingerprint density at radius 3 is 0.941 bits per heavy atom. The first-order valence-corrected chi connectivity index (χ1v) is 31.3. The monoisotopic (exact) mass is 987 g/mol. The SMILES string of the molecule is CCCCCCCCCCCCCCCCCCCCCCCCCCCCCCCCCCCCC(=O)OC(COC(=O)CCCCCCCCCCCC)COP(=O)(O)OCC[N+](C)(C)C. The molecule has 0 bridgehead atoms. The van der Waals surface area contributed by atoms with E-state index < -0.39 is 26.5 Å². The van der Waals surface area contributed by atoms with Gasteiger partial charge in [0.1, 0.15) is 19.8 Å². The summed E-state index contributed by atoms with van der Waals surface area (Å²) in [6, 6.07) is 0. The van der Waals surface area contributed by atoms with Crippen LogP contribution in [0.15, 0.2) is 0 Å². The summed E-state index contributed by atoms with van der Waals surface area (Å²) in [7, 11) is 1.50. The van der Waals surface area contributed by atoms with Crippen molar-refractivity contribution in [3.05, 3.63) is 0 Å². The van der Waals surface area contributed by atoms with Crippen molar-refractivity contribution in [2.24, 2.45) is 0 Å². The number of carbonyl (C=O) groups excluding carboxylic acids is 2. The van der Waals surface area contributed by atoms with Gasteiger partial charge in [-0.1, -0.05) is 284 Å². The fourth-order valence-corrected chi connectivity index (χ4v) is 9.76. The molecule has 0 amide bonds. The molecule has 0 aliphatic carbocycles. The molecule has 9 nitrogen and oxygen atoms in total. The van der Waals surface area contributed by atoms with Crippen LogP contribution in [0.1, 0.15) is 309 Å². The van der Waals surface area contributed by atoms with E-state index in [1.54, 1.807) is 0 Å². The van der Waals surface area contributed by atoms with Gasteiger partial charge in [0, 0.05) is 12.8 Å². The number of esters is 2. The van der Waals surface area contributed by atoms with Gasteiger partial charge in [0.25, 0.3) is 0 Å². The zero-order chi connectivity index (χ0) is 49.9. The molecule has 0 aliphatic rings. The molecule has 2 atom stereocenters. The highest BCUT2D eigenvalue weighted by molar-refractivity contribution is 7.47. The second-order valence-corrected chi connectivity index (χ2v) is 23.2. The molecule has 1 N–H and O–H groups in total. The van der Waals surface area contributed by atoms with Gasteiger partial charge in [-0.25, -0.2) is 4.57 Å². The number of rotatable bonds is 56. The third-order valence-electron chi connectivity index (χ3n) is 13.6. The molecular weight excluding hydrogens is 870 g/mol. The zero-order valence-electron chi connectivity index (χ0n) is 46.1. The minimum Gasteiger partial charge on any atom is -0.462 e. The summed E-state index contributed by atoms with van der Waals surface area (Å²) < 4.78 is 34.4. The number of phosphoric ester groups is 1. The molecule has 0 aromatic heterocycles. The van der Waals surface area contributed by atoms with E-state index in [0.717, 1.165) is 38.5 Å². The van der Waals surface area contributed by atoms with E-state index >= 15 is 0 Å². The highest BCUT2D eigenvalue weighted by Gasteiger charge is 2.27. The summed E-state index contributed by atoms with van der Waals surface area (Å²) in [6.07, 6.45) is 57.8. The first kappa shape index (κ1) is 67.0. The van der Waals surface area contributed by atoms with E-state index in [1.165, 1.54) is 244 Å². The summed E-state index contributed by atoms with van der Waals surface area (Å²) in [5.41, 5.74) is 0. The fourth-order valence-electron chi connectivity index (χ4n) is 9.02. The molecule has 0 aromatic rings. The van der Waals surface area contributed by atoms with Gasteiger partial charge in [-0.3, -0.25) is 18.6 Å². The molecular formula is C58H117NO8P+. The van der Waals surface area contributed by atoms with Crippen LogP contribution in [0.25, 0.3) is 0 Å². The number of unbranched alkanes of at least 4 members (excludes halogenated alkanes) is 42. The number of phosphoric acid groups is 1. The third kappa shape index (κ3) is 54.3. The van der Waals surface area contributed by atoms with E-state index in [4.69, 9.17) is 18.5 Å². The van der Waals surface area contributed by atoms with Crippen molar-refractivity contribution in [1.82, 2.24) is 0 Å². The van der Waals surface area contributed by atoms with Crippen LogP contribution in [-0.4, -0.2) is 74.9 Å². The number of quaternary nitrogens is 1. The quantitative estimate of drug-likeness (QED) is 0.0278. The lowest BCUT2D eigenvalue weighted by molar-refractivity contribution is -0.870. The minimum atomic E-state index is -4.37. The maximum absolute atomic E-state index is 12.8. The van der Waals surface area contributed by atoms with Gasteiger partial charge >= 0.3 is 19.8 Å². The maximum atomic E-state index is 12.8. The van der Waals surface area contributed by atoms with Gasteiger partial charge in [0.05, 0.1) is 27.7 Å². The largest absolute Gasteiger partial charge is 0.472 e. The van der Waals surface area contributed by atoms with Crippen molar-refractivity contribution < 1.29 is 42.1 Å². The zero-order valence-corrected chi connectivity index (χ0v) is 47.0. The highest BCUT2D eigenvalue weighted by atomic mass is 31.2. The predicted molar refractivity (Wildman–Crippen MR) is 289 cm³/mol. The Hall–Kier alpha value is -0.990. The molecule has 0 heterocycles. The molecule has 406 valence electrons. The second kappa shape index (κ2) is 50.9. The van der Waals surface area contributed by atoms with Crippen LogP contribution in [0.2, 0.25) is 0 Å². The lowest BCUT2D eigenvalue weighted by Crippen LogP contribution is -2.37. The number of hydrogen-bond donors (Lipinski definition) is 1. The van der Waals surface area contributed by atoms with Crippen LogP contribution in [0, 0.1) is 0 Å². The van der Waals surface area contributed by atoms with Gasteiger partial charge in [-0.2, -0.15) is 0 Å². The number of carbonyl (C=O) groups is 2. The summed E-state index contributed by atoms with van der Waals surface area (Å²) in [5.74, 6) is -0.780. The summed E-state index contributed by atoms with van der Waals surface area (Å²) in [5, 5.41) is 0. The average Bonchev–Trinajstić information content (AvgIpc) is 3.30. The van der Waals surface area contributed by atoms with Gasteiger partial charge in [0.2, 0.25) is 0 Å². The first-order chi connectivity index (χ1) is 33.0. The van der Waals surface area contributed by atoms with Crippen LogP contribution in [0.4, 0.5) is 0 Å². The van der Waals surface area contributed by atoms with Crippen molar-refractivity contribution >= 4 is 19.8 Å². The number of ether oxygens (including phenoxy) is 2. The van der Waals surface area contributed by atoms with Crippen molar-refractivity contribution in [3.8, 4) is 0 Å². The van der Waals surface area contributed by atoms with E-state index in [2.05, 4.69) is 13.8 Å². The lowest BCUT2D eigenvalue weighted by Gasteiger charge is -2.24. The van der Waals surface area contributed by atoms with Gasteiger partial charge in [-0.05, 0) is 12.8 Å². The Morgan fingerprint density at radius 1 is 0.397 bits per heavy atom. The Bertz CT molecular complexity index is 1120. The second-order valence-electron chi connectivity index (χ2n) is 21.8. The van der Waals surface area contributed by atoms with Gasteiger partial charge < -0.3 is 18.9 Å². The molecule has 0 radical (unpaired) electrons. The van der Waals surface area contributed by atoms with Crippen molar-refractivity contribution in [2.45, 2.75) is 315 Å². The standard InChI is InChI=1S/C58H116NO8P/c1-6-8-10-12-14-16-18-19-20-21-22-23-24-25-26-27-28-29-30-31-32-33-34-35-36-37-38-39-40-41-43-45-47-49-51-58(61)67-56(55-66-68(62,63)65-53-52-59(3,4)5)54-64-57(60)50-48-46-44-42-17-15-13-11-9-7-2/h56H,6-55H2,1-5H3/p+1. The van der Waals surface area contributed by atoms with E-state index in [9.17, 15) is 19.0 Å². The molecule has 2 unspecified atom stereocenters. The summed E-state index contributed by atoms with van der Waals surface area (Å²) in [6.45, 7) is 4.47. The summed E-state index contributed by atoms with van der Waals surface area (Å²) >= 11 is 0. The first-order valence-electron chi connectivity index (χ1n) is 29.8. The van der Waals surface area contributed by atoms with E-state index in [1.807, 2.05) is 21.1 Å². The third-order valence-corrected chi connectivity index (χ3v) is 14.6. The van der Waals surface area contributed by atoms with Gasteiger partial charge in [-0.15, -0.1) is 0 Å². The van der Waals surface area contributed by atoms with Crippen LogP contribution in [-0.2, 0) is 32.7 Å². The van der Waals surface area contributed by atoms with Crippen LogP contribution in [0.5, 0.6) is 0 Å². The highest BCUT2D eigenvalue weighted by Crippen LogP contribution is 2.43. The molecule has 68 heavy (non-hydrogen) atoms. The van der Waals surface area contributed by atoms with Gasteiger partial charge in [0.15, 0.2) is 6.10 Å².